The lowest BCUT2D eigenvalue weighted by Gasteiger charge is -2.28. The molecule has 1 aliphatic carbocycles. The van der Waals surface area contributed by atoms with Crippen molar-refractivity contribution < 1.29 is 18.8 Å². The number of anilines is 1. The summed E-state index contributed by atoms with van der Waals surface area (Å²) in [6, 6.07) is 5.35. The lowest BCUT2D eigenvalue weighted by Crippen LogP contribution is -2.37. The minimum atomic E-state index is -0.527. The fourth-order valence-corrected chi connectivity index (χ4v) is 3.30. The summed E-state index contributed by atoms with van der Waals surface area (Å²) in [5.41, 5.74) is 1.44. The maximum Gasteiger partial charge on any atom is 0.230 e. The van der Waals surface area contributed by atoms with Crippen LogP contribution in [0.25, 0.3) is 0 Å². The largest absolute Gasteiger partial charge is 0.497 e. The van der Waals surface area contributed by atoms with E-state index in [2.05, 4.69) is 15.5 Å². The Morgan fingerprint density at radius 2 is 2.22 bits per heavy atom. The fourth-order valence-electron chi connectivity index (χ4n) is 3.30. The molecule has 2 aliphatic rings. The molecule has 0 spiro atoms. The summed E-state index contributed by atoms with van der Waals surface area (Å²) in [6.45, 7) is 0.458. The molecule has 2 amide bonds. The van der Waals surface area contributed by atoms with Crippen molar-refractivity contribution in [2.24, 2.45) is 0 Å². The number of methoxy groups -OCH3 is 1. The van der Waals surface area contributed by atoms with E-state index in [9.17, 15) is 9.59 Å². The standard InChI is InChI=1S/C19H22N4O4/c1-23(8-7-16-21-18(27-22-16)11-3-4-11)19(25)14-10-17(24)20-15-6-5-12(26-2)9-13(14)15/h5-6,9,11,14H,3-4,7-8,10H2,1-2H3,(H,20,24). The molecule has 142 valence electrons. The van der Waals surface area contributed by atoms with Gasteiger partial charge in [0.25, 0.3) is 0 Å². The van der Waals surface area contributed by atoms with E-state index in [0.29, 0.717) is 42.0 Å². The highest BCUT2D eigenvalue weighted by Gasteiger charge is 2.33. The number of carbonyl (C=O) groups is 2. The molecule has 1 unspecified atom stereocenters. The first kappa shape index (κ1) is 17.5. The van der Waals surface area contributed by atoms with E-state index < -0.39 is 5.92 Å². The molecule has 1 atom stereocenters. The molecule has 0 saturated heterocycles. The zero-order valence-corrected chi connectivity index (χ0v) is 15.4. The van der Waals surface area contributed by atoms with E-state index in [1.54, 1.807) is 31.2 Å². The van der Waals surface area contributed by atoms with Crippen LogP contribution in [0.4, 0.5) is 5.69 Å². The number of benzene rings is 1. The van der Waals surface area contributed by atoms with Gasteiger partial charge in [-0.05, 0) is 36.6 Å². The molecule has 0 radical (unpaired) electrons. The number of aromatic nitrogens is 2. The Labute approximate surface area is 156 Å². The zero-order valence-electron chi connectivity index (χ0n) is 15.4. The van der Waals surface area contributed by atoms with Gasteiger partial charge in [-0.1, -0.05) is 5.16 Å². The first-order valence-corrected chi connectivity index (χ1v) is 9.10. The Hall–Kier alpha value is -2.90. The summed E-state index contributed by atoms with van der Waals surface area (Å²) in [5.74, 6) is 1.59. The zero-order chi connectivity index (χ0) is 19.0. The molecule has 4 rings (SSSR count). The van der Waals surface area contributed by atoms with Crippen LogP contribution >= 0.6 is 0 Å². The maximum atomic E-state index is 13.0. The molecule has 2 heterocycles. The average Bonchev–Trinajstić information content (AvgIpc) is 3.42. The number of nitrogens with one attached hydrogen (secondary N) is 1. The number of likely N-dealkylation sites (N-methyl/N-ethyl adjacent to an activating group) is 1. The van der Waals surface area contributed by atoms with Crippen molar-refractivity contribution in [1.82, 2.24) is 15.0 Å². The molecule has 1 aromatic heterocycles. The summed E-state index contributed by atoms with van der Waals surface area (Å²) in [5, 5.41) is 6.80. The number of fused-ring (bicyclic) bond motifs is 1. The second kappa shape index (κ2) is 7.02. The van der Waals surface area contributed by atoms with E-state index in [-0.39, 0.29) is 18.2 Å². The summed E-state index contributed by atoms with van der Waals surface area (Å²) in [4.78, 5) is 31.0. The quantitative estimate of drug-likeness (QED) is 0.836. The molecule has 8 nitrogen and oxygen atoms in total. The topological polar surface area (TPSA) is 97.6 Å². The lowest BCUT2D eigenvalue weighted by atomic mass is 9.89. The smallest absolute Gasteiger partial charge is 0.230 e. The van der Waals surface area contributed by atoms with Crippen molar-refractivity contribution in [2.45, 2.75) is 37.5 Å². The molecular weight excluding hydrogens is 348 g/mol. The van der Waals surface area contributed by atoms with Gasteiger partial charge in [0.1, 0.15) is 5.75 Å². The number of hydrogen-bond acceptors (Lipinski definition) is 6. The third-order valence-corrected chi connectivity index (χ3v) is 5.05. The van der Waals surface area contributed by atoms with Crippen molar-refractivity contribution in [3.05, 3.63) is 35.5 Å². The Kier molecular flexibility index (Phi) is 4.55. The van der Waals surface area contributed by atoms with E-state index in [1.165, 1.54) is 0 Å². The summed E-state index contributed by atoms with van der Waals surface area (Å²) >= 11 is 0. The second-order valence-electron chi connectivity index (χ2n) is 7.09. The Balaban J connectivity index is 1.45. The van der Waals surface area contributed by atoms with Gasteiger partial charge in [0.05, 0.1) is 13.0 Å². The number of rotatable bonds is 6. The van der Waals surface area contributed by atoms with Gasteiger partial charge in [0, 0.05) is 38.0 Å². The summed E-state index contributed by atoms with van der Waals surface area (Å²) < 4.78 is 10.5. The molecule has 1 fully saturated rings. The Morgan fingerprint density at radius 1 is 1.41 bits per heavy atom. The highest BCUT2D eigenvalue weighted by molar-refractivity contribution is 6.01. The van der Waals surface area contributed by atoms with Crippen LogP contribution in [0.3, 0.4) is 0 Å². The molecule has 1 aromatic carbocycles. The molecule has 1 N–H and O–H groups in total. The number of carbonyl (C=O) groups excluding carboxylic acids is 2. The van der Waals surface area contributed by atoms with Gasteiger partial charge in [-0.15, -0.1) is 0 Å². The van der Waals surface area contributed by atoms with Gasteiger partial charge in [-0.3, -0.25) is 9.59 Å². The van der Waals surface area contributed by atoms with Crippen molar-refractivity contribution >= 4 is 17.5 Å². The summed E-state index contributed by atoms with van der Waals surface area (Å²) in [7, 11) is 3.31. The van der Waals surface area contributed by atoms with E-state index in [4.69, 9.17) is 9.26 Å². The normalized spacial score (nSPS) is 18.6. The van der Waals surface area contributed by atoms with Crippen LogP contribution < -0.4 is 10.1 Å². The number of nitrogens with zero attached hydrogens (tertiary/aromatic N) is 3. The highest BCUT2D eigenvalue weighted by atomic mass is 16.5. The monoisotopic (exact) mass is 370 g/mol. The first-order chi connectivity index (χ1) is 13.0. The van der Waals surface area contributed by atoms with Crippen LogP contribution in [0, 0.1) is 0 Å². The minimum absolute atomic E-state index is 0.106. The predicted octanol–water partition coefficient (Wildman–Crippen LogP) is 2.08. The van der Waals surface area contributed by atoms with Gasteiger partial charge in [-0.2, -0.15) is 4.98 Å². The summed E-state index contributed by atoms with van der Waals surface area (Å²) in [6.07, 6.45) is 2.85. The highest BCUT2D eigenvalue weighted by Crippen LogP contribution is 2.39. The van der Waals surface area contributed by atoms with Crippen molar-refractivity contribution in [3.8, 4) is 5.75 Å². The molecule has 1 saturated carbocycles. The average molecular weight is 370 g/mol. The van der Waals surface area contributed by atoms with Crippen molar-refractivity contribution in [1.29, 1.82) is 0 Å². The maximum absolute atomic E-state index is 13.0. The van der Waals surface area contributed by atoms with Gasteiger partial charge >= 0.3 is 0 Å². The molecule has 0 bridgehead atoms. The van der Waals surface area contributed by atoms with E-state index >= 15 is 0 Å². The Bertz CT molecular complexity index is 874. The van der Waals surface area contributed by atoms with E-state index in [1.807, 2.05) is 6.07 Å². The van der Waals surface area contributed by atoms with Gasteiger partial charge in [0.2, 0.25) is 17.7 Å². The third kappa shape index (κ3) is 3.65. The molecular formula is C19H22N4O4. The Morgan fingerprint density at radius 3 is 2.96 bits per heavy atom. The van der Waals surface area contributed by atoms with Crippen LogP contribution in [0.2, 0.25) is 0 Å². The predicted molar refractivity (Wildman–Crippen MR) is 96.6 cm³/mol. The number of amides is 2. The third-order valence-electron chi connectivity index (χ3n) is 5.05. The van der Waals surface area contributed by atoms with Gasteiger partial charge < -0.3 is 19.5 Å². The van der Waals surface area contributed by atoms with Crippen LogP contribution in [-0.4, -0.2) is 47.6 Å². The molecule has 27 heavy (non-hydrogen) atoms. The lowest BCUT2D eigenvalue weighted by molar-refractivity contribution is -0.133. The minimum Gasteiger partial charge on any atom is -0.497 e. The molecule has 2 aromatic rings. The van der Waals surface area contributed by atoms with Gasteiger partial charge in [-0.25, -0.2) is 0 Å². The second-order valence-corrected chi connectivity index (χ2v) is 7.09. The first-order valence-electron chi connectivity index (χ1n) is 9.10. The van der Waals surface area contributed by atoms with E-state index in [0.717, 1.165) is 18.4 Å². The molecule has 1 aliphatic heterocycles. The number of hydrogen-bond donors (Lipinski definition) is 1. The van der Waals surface area contributed by atoms with Gasteiger partial charge in [0.15, 0.2) is 5.82 Å². The van der Waals surface area contributed by atoms with Crippen molar-refractivity contribution in [2.75, 3.05) is 26.0 Å². The van der Waals surface area contributed by atoms with Crippen LogP contribution in [0.1, 0.15) is 48.4 Å². The van der Waals surface area contributed by atoms with Crippen LogP contribution in [-0.2, 0) is 16.0 Å². The SMILES string of the molecule is COc1ccc2c(c1)C(C(=O)N(C)CCc1noc(C3CC3)n1)CC(=O)N2. The number of ether oxygens (including phenoxy) is 1. The van der Waals surface area contributed by atoms with Crippen molar-refractivity contribution in [3.63, 3.8) is 0 Å². The van der Waals surface area contributed by atoms with Crippen LogP contribution in [0.5, 0.6) is 5.75 Å². The van der Waals surface area contributed by atoms with Crippen LogP contribution in [0.15, 0.2) is 22.7 Å². The molecule has 8 heteroatoms. The fraction of sp³-hybridized carbons (Fsp3) is 0.474.